The van der Waals surface area contributed by atoms with E-state index >= 15 is 0 Å². The fourth-order valence-corrected chi connectivity index (χ4v) is 1.37. The fraction of sp³-hybridized carbons (Fsp3) is 0.250. The standard InChI is InChI=1S/C8H12NO5P.Na/c10-6-5-9-7-1-3-8(4-2-7)14-15(11,12)13;/h1-4,9-10H,5-6H2,(H2,11,12,13);/q;+1. The number of hydrogen-bond acceptors (Lipinski definition) is 4. The number of phosphoric ester groups is 1. The van der Waals surface area contributed by atoms with Gasteiger partial charge in [0.2, 0.25) is 0 Å². The van der Waals surface area contributed by atoms with Crippen LogP contribution >= 0.6 is 7.82 Å². The van der Waals surface area contributed by atoms with E-state index in [0.29, 0.717) is 6.54 Å². The average Bonchev–Trinajstić information content (AvgIpc) is 2.14. The first-order valence-electron chi connectivity index (χ1n) is 4.21. The Morgan fingerprint density at radius 2 is 1.81 bits per heavy atom. The first-order chi connectivity index (χ1) is 7.01. The van der Waals surface area contributed by atoms with Gasteiger partial charge in [0.05, 0.1) is 6.61 Å². The van der Waals surface area contributed by atoms with Crippen LogP contribution in [0.15, 0.2) is 24.3 Å². The van der Waals surface area contributed by atoms with Crippen molar-refractivity contribution < 1.29 is 53.5 Å². The molecule has 0 amide bonds. The van der Waals surface area contributed by atoms with Crippen molar-refractivity contribution in [1.82, 2.24) is 0 Å². The molecule has 6 nitrogen and oxygen atoms in total. The summed E-state index contributed by atoms with van der Waals surface area (Å²) in [4.78, 5) is 17.0. The zero-order valence-electron chi connectivity index (χ0n) is 8.83. The Morgan fingerprint density at radius 3 is 2.25 bits per heavy atom. The van der Waals surface area contributed by atoms with Crippen molar-refractivity contribution in [1.29, 1.82) is 0 Å². The molecule has 8 heteroatoms. The van der Waals surface area contributed by atoms with Gasteiger partial charge in [-0.2, -0.15) is 0 Å². The Bertz CT molecular complexity index is 352. The van der Waals surface area contributed by atoms with Gasteiger partial charge in [-0.15, -0.1) is 0 Å². The molecule has 1 aromatic rings. The number of phosphoric acid groups is 1. The van der Waals surface area contributed by atoms with Gasteiger partial charge in [-0.05, 0) is 24.3 Å². The maximum atomic E-state index is 10.5. The van der Waals surface area contributed by atoms with Gasteiger partial charge < -0.3 is 14.9 Å². The van der Waals surface area contributed by atoms with E-state index in [1.165, 1.54) is 12.1 Å². The van der Waals surface area contributed by atoms with Crippen molar-refractivity contribution >= 4 is 13.5 Å². The van der Waals surface area contributed by atoms with E-state index in [1.807, 2.05) is 0 Å². The third-order valence-electron chi connectivity index (χ3n) is 1.52. The second kappa shape index (κ2) is 7.29. The van der Waals surface area contributed by atoms with Crippen LogP contribution < -0.4 is 39.4 Å². The molecule has 1 rings (SSSR count). The summed E-state index contributed by atoms with van der Waals surface area (Å²) in [6, 6.07) is 6.05. The van der Waals surface area contributed by atoms with Gasteiger partial charge >= 0.3 is 37.4 Å². The molecule has 0 atom stereocenters. The molecule has 0 aliphatic rings. The minimum atomic E-state index is -4.48. The van der Waals surface area contributed by atoms with E-state index in [2.05, 4.69) is 9.84 Å². The van der Waals surface area contributed by atoms with E-state index in [9.17, 15) is 4.57 Å². The number of aliphatic hydroxyl groups is 1. The first kappa shape index (κ1) is 15.9. The van der Waals surface area contributed by atoms with E-state index in [-0.39, 0.29) is 41.9 Å². The molecule has 0 unspecified atom stereocenters. The summed E-state index contributed by atoms with van der Waals surface area (Å²) in [5.74, 6) is 0.0953. The summed E-state index contributed by atoms with van der Waals surface area (Å²) < 4.78 is 14.8. The molecule has 0 aromatic heterocycles. The monoisotopic (exact) mass is 256 g/mol. The summed E-state index contributed by atoms with van der Waals surface area (Å²) in [6.45, 7) is 0.430. The number of anilines is 1. The third-order valence-corrected chi connectivity index (χ3v) is 1.97. The molecule has 0 spiro atoms. The van der Waals surface area contributed by atoms with Crippen LogP contribution in [0.25, 0.3) is 0 Å². The molecule has 0 radical (unpaired) electrons. The fourth-order valence-electron chi connectivity index (χ4n) is 0.971. The molecule has 16 heavy (non-hydrogen) atoms. The molecular formula is C8H12NNaO5P+. The van der Waals surface area contributed by atoms with E-state index < -0.39 is 7.82 Å². The van der Waals surface area contributed by atoms with Crippen molar-refractivity contribution in [2.75, 3.05) is 18.5 Å². The van der Waals surface area contributed by atoms with Crippen LogP contribution in [0.3, 0.4) is 0 Å². The van der Waals surface area contributed by atoms with Crippen LogP contribution in [0.4, 0.5) is 5.69 Å². The predicted molar refractivity (Wildman–Crippen MR) is 54.7 cm³/mol. The van der Waals surface area contributed by atoms with Crippen molar-refractivity contribution in [3.63, 3.8) is 0 Å². The van der Waals surface area contributed by atoms with Crippen LogP contribution in [-0.2, 0) is 4.57 Å². The molecule has 0 heterocycles. The Morgan fingerprint density at radius 1 is 1.25 bits per heavy atom. The first-order valence-corrected chi connectivity index (χ1v) is 5.74. The molecule has 0 aliphatic carbocycles. The van der Waals surface area contributed by atoms with Gasteiger partial charge in [0.15, 0.2) is 0 Å². The Labute approximate surface area is 115 Å². The zero-order chi connectivity index (χ0) is 11.3. The molecule has 0 saturated heterocycles. The third kappa shape index (κ3) is 6.50. The van der Waals surface area contributed by atoms with Crippen molar-refractivity contribution in [3.8, 4) is 5.75 Å². The van der Waals surface area contributed by atoms with Crippen molar-refractivity contribution in [3.05, 3.63) is 24.3 Å². The van der Waals surface area contributed by atoms with Crippen molar-refractivity contribution in [2.45, 2.75) is 0 Å². The maximum absolute atomic E-state index is 10.5. The summed E-state index contributed by atoms with van der Waals surface area (Å²) in [7, 11) is -4.48. The summed E-state index contributed by atoms with van der Waals surface area (Å²) >= 11 is 0. The second-order valence-electron chi connectivity index (χ2n) is 2.76. The van der Waals surface area contributed by atoms with Crippen LogP contribution in [0.1, 0.15) is 0 Å². The van der Waals surface area contributed by atoms with E-state index in [1.54, 1.807) is 12.1 Å². The number of benzene rings is 1. The van der Waals surface area contributed by atoms with Crippen LogP contribution in [0.2, 0.25) is 0 Å². The minimum Gasteiger partial charge on any atom is -0.404 e. The Hall–Kier alpha value is -0.0700. The van der Waals surface area contributed by atoms with Gasteiger partial charge in [-0.25, -0.2) is 4.57 Å². The van der Waals surface area contributed by atoms with Crippen LogP contribution in [0, 0.1) is 0 Å². The molecule has 84 valence electrons. The van der Waals surface area contributed by atoms with Gasteiger partial charge in [0.25, 0.3) is 0 Å². The van der Waals surface area contributed by atoms with Crippen LogP contribution in [-0.4, -0.2) is 28.0 Å². The van der Waals surface area contributed by atoms with Crippen LogP contribution in [0.5, 0.6) is 5.75 Å². The van der Waals surface area contributed by atoms with E-state index in [4.69, 9.17) is 14.9 Å². The Kier molecular flexibility index (Phi) is 7.26. The predicted octanol–water partition coefficient (Wildman–Crippen LogP) is -2.43. The van der Waals surface area contributed by atoms with E-state index in [0.717, 1.165) is 5.69 Å². The molecule has 0 fully saturated rings. The molecule has 0 bridgehead atoms. The maximum Gasteiger partial charge on any atom is 1.00 e. The van der Waals surface area contributed by atoms with Gasteiger partial charge in [-0.3, -0.25) is 9.79 Å². The number of nitrogens with one attached hydrogen (secondary N) is 1. The molecule has 4 N–H and O–H groups in total. The molecule has 0 saturated carbocycles. The van der Waals surface area contributed by atoms with Gasteiger partial charge in [0, 0.05) is 12.2 Å². The normalized spacial score (nSPS) is 10.4. The second-order valence-corrected chi connectivity index (χ2v) is 3.92. The number of rotatable bonds is 5. The largest absolute Gasteiger partial charge is 1.00 e. The molecule has 1 aromatic carbocycles. The quantitative estimate of drug-likeness (QED) is 0.345. The smallest absolute Gasteiger partial charge is 0.404 e. The summed E-state index contributed by atoms with van der Waals surface area (Å²) in [5, 5.41) is 11.4. The average molecular weight is 256 g/mol. The summed E-state index contributed by atoms with van der Waals surface area (Å²) in [5.41, 5.74) is 0.738. The zero-order valence-corrected chi connectivity index (χ0v) is 11.7. The Balaban J connectivity index is 0.00000225. The molecular weight excluding hydrogens is 244 g/mol. The SMILES string of the molecule is O=P(O)(O)Oc1ccc(NCCO)cc1.[Na+]. The number of hydrogen-bond donors (Lipinski definition) is 4. The molecule has 0 aliphatic heterocycles. The summed E-state index contributed by atoms with van der Waals surface area (Å²) in [6.07, 6.45) is 0. The number of aliphatic hydroxyl groups excluding tert-OH is 1. The topological polar surface area (TPSA) is 99.0 Å². The minimum absolute atomic E-state index is 0. The van der Waals surface area contributed by atoms with Gasteiger partial charge in [-0.1, -0.05) is 0 Å². The van der Waals surface area contributed by atoms with Gasteiger partial charge in [0.1, 0.15) is 5.75 Å². The van der Waals surface area contributed by atoms with Crippen molar-refractivity contribution in [2.24, 2.45) is 0 Å².